The minimum Gasteiger partial charge on any atom is -0.265 e. The normalized spacial score (nSPS) is 11.0. The number of nitrogens with zero attached hydrogens (tertiary/aromatic N) is 4. The predicted octanol–water partition coefficient (Wildman–Crippen LogP) is 2.69. The highest BCUT2D eigenvalue weighted by Crippen LogP contribution is 2.20. The molecule has 0 fully saturated rings. The molecule has 0 radical (unpaired) electrons. The lowest BCUT2D eigenvalue weighted by Gasteiger charge is -2.09. The van der Waals surface area contributed by atoms with Crippen LogP contribution in [0.4, 0.5) is 0 Å². The zero-order valence-electron chi connectivity index (χ0n) is 13.0. The van der Waals surface area contributed by atoms with Crippen LogP contribution in [0, 0.1) is 20.8 Å². The molecular weight excluding hydrogens is 276 g/mol. The maximum atomic E-state index is 12.7. The van der Waals surface area contributed by atoms with E-state index in [9.17, 15) is 4.79 Å². The summed E-state index contributed by atoms with van der Waals surface area (Å²) in [5.74, 6) is 0. The summed E-state index contributed by atoms with van der Waals surface area (Å²) in [6.07, 6.45) is 3.37. The summed E-state index contributed by atoms with van der Waals surface area (Å²) >= 11 is 0. The van der Waals surface area contributed by atoms with Gasteiger partial charge in [-0.3, -0.25) is 4.79 Å². The molecule has 0 unspecified atom stereocenters. The first-order valence-corrected chi connectivity index (χ1v) is 7.17. The van der Waals surface area contributed by atoms with Gasteiger partial charge in [-0.15, -0.1) is 6.58 Å². The van der Waals surface area contributed by atoms with E-state index in [4.69, 9.17) is 0 Å². The third kappa shape index (κ3) is 2.15. The molecule has 0 saturated carbocycles. The highest BCUT2D eigenvalue weighted by Gasteiger charge is 2.15. The number of benzene rings is 1. The van der Waals surface area contributed by atoms with Crippen LogP contribution in [0.3, 0.4) is 0 Å². The molecular formula is C17H18N4O. The van der Waals surface area contributed by atoms with Gasteiger partial charge >= 0.3 is 0 Å². The van der Waals surface area contributed by atoms with E-state index in [2.05, 4.69) is 22.8 Å². The van der Waals surface area contributed by atoms with Crippen LogP contribution in [0.5, 0.6) is 0 Å². The molecule has 3 rings (SSSR count). The van der Waals surface area contributed by atoms with Crippen LogP contribution in [-0.4, -0.2) is 19.6 Å². The molecule has 112 valence electrons. The Labute approximate surface area is 128 Å². The van der Waals surface area contributed by atoms with Gasteiger partial charge in [-0.2, -0.15) is 10.2 Å². The van der Waals surface area contributed by atoms with Crippen LogP contribution in [0.2, 0.25) is 0 Å². The van der Waals surface area contributed by atoms with E-state index >= 15 is 0 Å². The summed E-state index contributed by atoms with van der Waals surface area (Å²) in [7, 11) is 0. The van der Waals surface area contributed by atoms with Gasteiger partial charge < -0.3 is 0 Å². The summed E-state index contributed by atoms with van der Waals surface area (Å²) in [5, 5.41) is 9.51. The van der Waals surface area contributed by atoms with Crippen molar-refractivity contribution in [2.75, 3.05) is 0 Å². The molecule has 0 aliphatic heterocycles. The van der Waals surface area contributed by atoms with E-state index in [1.165, 1.54) is 10.2 Å². The Hall–Kier alpha value is -2.69. The number of fused-ring (bicyclic) bond motifs is 1. The van der Waals surface area contributed by atoms with Gasteiger partial charge in [0.1, 0.15) is 5.52 Å². The summed E-state index contributed by atoms with van der Waals surface area (Å²) in [4.78, 5) is 12.7. The van der Waals surface area contributed by atoms with E-state index in [0.717, 1.165) is 22.3 Å². The Morgan fingerprint density at radius 3 is 2.73 bits per heavy atom. The molecule has 0 bridgehead atoms. The highest BCUT2D eigenvalue weighted by molar-refractivity contribution is 5.81. The number of hydrogen-bond donors (Lipinski definition) is 0. The van der Waals surface area contributed by atoms with Gasteiger partial charge in [-0.25, -0.2) is 9.36 Å². The van der Waals surface area contributed by atoms with Crippen molar-refractivity contribution in [3.8, 4) is 5.69 Å². The average molecular weight is 294 g/mol. The first-order valence-electron chi connectivity index (χ1n) is 7.17. The van der Waals surface area contributed by atoms with Crippen molar-refractivity contribution in [1.82, 2.24) is 19.6 Å². The molecule has 0 spiro atoms. The molecule has 0 atom stereocenters. The van der Waals surface area contributed by atoms with Crippen molar-refractivity contribution in [3.05, 3.63) is 64.2 Å². The van der Waals surface area contributed by atoms with Crippen molar-refractivity contribution in [2.45, 2.75) is 27.3 Å². The number of aryl methyl sites for hydroxylation is 3. The standard InChI is InChI=1S/C17H18N4O/c1-5-8-20-17(22)16-14(13(4)19-20)10-18-21(16)15-7-6-11(2)9-12(15)3/h5-7,9-10H,1,8H2,2-4H3. The fourth-order valence-corrected chi connectivity index (χ4v) is 2.69. The third-order valence-corrected chi connectivity index (χ3v) is 3.75. The van der Waals surface area contributed by atoms with E-state index < -0.39 is 0 Å². The van der Waals surface area contributed by atoms with Gasteiger partial charge in [0, 0.05) is 5.39 Å². The molecule has 0 amide bonds. The number of hydrogen-bond acceptors (Lipinski definition) is 3. The molecule has 5 heteroatoms. The van der Waals surface area contributed by atoms with Gasteiger partial charge in [0.25, 0.3) is 5.56 Å². The van der Waals surface area contributed by atoms with Gasteiger partial charge in [0.2, 0.25) is 0 Å². The molecule has 0 saturated heterocycles. The second kappa shape index (κ2) is 5.26. The van der Waals surface area contributed by atoms with Crippen LogP contribution in [0.1, 0.15) is 16.8 Å². The average Bonchev–Trinajstić information content (AvgIpc) is 2.90. The summed E-state index contributed by atoms with van der Waals surface area (Å²) < 4.78 is 3.13. The van der Waals surface area contributed by atoms with Crippen LogP contribution in [0.15, 0.2) is 41.8 Å². The zero-order chi connectivity index (χ0) is 15.9. The first-order chi connectivity index (χ1) is 10.5. The van der Waals surface area contributed by atoms with Crippen molar-refractivity contribution in [2.24, 2.45) is 0 Å². The second-order valence-electron chi connectivity index (χ2n) is 5.47. The maximum absolute atomic E-state index is 12.7. The second-order valence-corrected chi connectivity index (χ2v) is 5.47. The lowest BCUT2D eigenvalue weighted by Crippen LogP contribution is -2.25. The third-order valence-electron chi connectivity index (χ3n) is 3.75. The molecule has 3 aromatic rings. The van der Waals surface area contributed by atoms with Crippen LogP contribution < -0.4 is 5.56 Å². The Bertz CT molecular complexity index is 934. The predicted molar refractivity (Wildman–Crippen MR) is 87.5 cm³/mol. The van der Waals surface area contributed by atoms with Crippen molar-refractivity contribution in [1.29, 1.82) is 0 Å². The molecule has 2 aromatic heterocycles. The first kappa shape index (κ1) is 14.3. The Morgan fingerprint density at radius 2 is 2.05 bits per heavy atom. The number of rotatable bonds is 3. The monoisotopic (exact) mass is 294 g/mol. The molecule has 1 aromatic carbocycles. The fourth-order valence-electron chi connectivity index (χ4n) is 2.69. The van der Waals surface area contributed by atoms with E-state index in [0.29, 0.717) is 12.1 Å². The number of allylic oxidation sites excluding steroid dienone is 1. The SMILES string of the molecule is C=CCn1nc(C)c2cnn(-c3ccc(C)cc3C)c2c1=O. The van der Waals surface area contributed by atoms with Crippen LogP contribution >= 0.6 is 0 Å². The minimum atomic E-state index is -0.155. The summed E-state index contributed by atoms with van der Waals surface area (Å²) in [6.45, 7) is 10.0. The molecule has 5 nitrogen and oxygen atoms in total. The molecule has 0 N–H and O–H groups in total. The van der Waals surface area contributed by atoms with E-state index in [-0.39, 0.29) is 5.56 Å². The Kier molecular flexibility index (Phi) is 3.41. The van der Waals surface area contributed by atoms with Gasteiger partial charge in [0.05, 0.1) is 24.1 Å². The lowest BCUT2D eigenvalue weighted by molar-refractivity contribution is 0.647. The Morgan fingerprint density at radius 1 is 1.27 bits per heavy atom. The van der Waals surface area contributed by atoms with Crippen LogP contribution in [-0.2, 0) is 6.54 Å². The molecule has 22 heavy (non-hydrogen) atoms. The minimum absolute atomic E-state index is 0.155. The quantitative estimate of drug-likeness (QED) is 0.698. The summed E-state index contributed by atoms with van der Waals surface area (Å²) in [6, 6.07) is 6.09. The van der Waals surface area contributed by atoms with Crippen molar-refractivity contribution < 1.29 is 0 Å². The highest BCUT2D eigenvalue weighted by atomic mass is 16.1. The number of aromatic nitrogens is 4. The largest absolute Gasteiger partial charge is 0.293 e. The van der Waals surface area contributed by atoms with Crippen LogP contribution in [0.25, 0.3) is 16.6 Å². The summed E-state index contributed by atoms with van der Waals surface area (Å²) in [5.41, 5.74) is 4.36. The maximum Gasteiger partial charge on any atom is 0.293 e. The van der Waals surface area contributed by atoms with Gasteiger partial charge in [-0.05, 0) is 32.4 Å². The molecule has 0 aliphatic carbocycles. The topological polar surface area (TPSA) is 52.7 Å². The van der Waals surface area contributed by atoms with Gasteiger partial charge in [-0.1, -0.05) is 23.8 Å². The van der Waals surface area contributed by atoms with Crippen molar-refractivity contribution in [3.63, 3.8) is 0 Å². The van der Waals surface area contributed by atoms with Gasteiger partial charge in [0.15, 0.2) is 0 Å². The zero-order valence-corrected chi connectivity index (χ0v) is 13.0. The molecule has 2 heterocycles. The lowest BCUT2D eigenvalue weighted by atomic mass is 10.1. The van der Waals surface area contributed by atoms with Crippen molar-refractivity contribution >= 4 is 10.9 Å². The Balaban J connectivity index is 2.36. The smallest absolute Gasteiger partial charge is 0.265 e. The van der Waals surface area contributed by atoms with E-state index in [1.807, 2.05) is 32.9 Å². The fraction of sp³-hybridized carbons (Fsp3) is 0.235. The molecule has 0 aliphatic rings. The van der Waals surface area contributed by atoms with E-state index in [1.54, 1.807) is 17.0 Å².